The lowest BCUT2D eigenvalue weighted by Gasteiger charge is -2.51. The molecule has 0 aromatic heterocycles. The molecule has 1 heterocycles. The highest BCUT2D eigenvalue weighted by Gasteiger charge is 2.47. The van der Waals surface area contributed by atoms with Gasteiger partial charge >= 0.3 is 0 Å². The van der Waals surface area contributed by atoms with E-state index in [4.69, 9.17) is 0 Å². The van der Waals surface area contributed by atoms with E-state index in [2.05, 4.69) is 49.1 Å². The molecule has 1 N–H and O–H groups in total. The van der Waals surface area contributed by atoms with E-state index in [0.717, 1.165) is 19.5 Å². The number of rotatable bonds is 3. The smallest absolute Gasteiger partial charge is 0.0728 e. The first kappa shape index (κ1) is 16.0. The molecule has 1 saturated carbocycles. The average Bonchev–Trinajstić information content (AvgIpc) is 2.54. The average molecular weight is 301 g/mol. The molecule has 0 spiro atoms. The van der Waals surface area contributed by atoms with Crippen LogP contribution in [-0.2, 0) is 6.54 Å². The van der Waals surface area contributed by atoms with Gasteiger partial charge in [-0.25, -0.2) is 0 Å². The molecule has 2 aliphatic rings. The van der Waals surface area contributed by atoms with Crippen LogP contribution >= 0.6 is 0 Å². The SMILES string of the molecule is C[C@@H]1C[C@@](O)(C2CCCCC2)[C@@H](C)CN1Cc1ccccc1. The number of likely N-dealkylation sites (tertiary alicyclic amines) is 1. The van der Waals surface area contributed by atoms with Crippen LogP contribution in [0.2, 0.25) is 0 Å². The molecule has 1 aliphatic carbocycles. The maximum absolute atomic E-state index is 11.4. The molecule has 2 heteroatoms. The highest BCUT2D eigenvalue weighted by molar-refractivity contribution is 5.15. The van der Waals surface area contributed by atoms with Gasteiger partial charge in [0.2, 0.25) is 0 Å². The molecule has 0 amide bonds. The van der Waals surface area contributed by atoms with Crippen molar-refractivity contribution in [3.63, 3.8) is 0 Å². The second-order valence-electron chi connectivity index (χ2n) is 7.70. The first-order valence-electron chi connectivity index (χ1n) is 9.10. The molecule has 1 aromatic carbocycles. The van der Waals surface area contributed by atoms with Gasteiger partial charge in [0.15, 0.2) is 0 Å². The Bertz CT molecular complexity index is 468. The molecule has 3 rings (SSSR count). The van der Waals surface area contributed by atoms with Gasteiger partial charge in [0.25, 0.3) is 0 Å². The second-order valence-corrected chi connectivity index (χ2v) is 7.70. The van der Waals surface area contributed by atoms with E-state index < -0.39 is 5.60 Å². The fraction of sp³-hybridized carbons (Fsp3) is 0.700. The predicted octanol–water partition coefficient (Wildman–Crippen LogP) is 4.23. The Morgan fingerprint density at radius 3 is 2.45 bits per heavy atom. The first-order chi connectivity index (χ1) is 10.6. The van der Waals surface area contributed by atoms with Crippen molar-refractivity contribution in [2.75, 3.05) is 6.54 Å². The van der Waals surface area contributed by atoms with Gasteiger partial charge < -0.3 is 5.11 Å². The van der Waals surface area contributed by atoms with Crippen molar-refractivity contribution in [3.05, 3.63) is 35.9 Å². The van der Waals surface area contributed by atoms with Gasteiger partial charge in [-0.15, -0.1) is 0 Å². The van der Waals surface area contributed by atoms with Crippen molar-refractivity contribution >= 4 is 0 Å². The number of piperidine rings is 1. The molecular weight excluding hydrogens is 270 g/mol. The highest BCUT2D eigenvalue weighted by Crippen LogP contribution is 2.43. The molecule has 2 fully saturated rings. The Morgan fingerprint density at radius 2 is 1.77 bits per heavy atom. The minimum absolute atomic E-state index is 0.371. The summed E-state index contributed by atoms with van der Waals surface area (Å²) in [7, 11) is 0. The second kappa shape index (κ2) is 6.72. The fourth-order valence-electron chi connectivity index (χ4n) is 4.70. The van der Waals surface area contributed by atoms with E-state index in [-0.39, 0.29) is 0 Å². The molecule has 1 saturated heterocycles. The first-order valence-corrected chi connectivity index (χ1v) is 9.10. The van der Waals surface area contributed by atoms with Crippen molar-refractivity contribution in [2.24, 2.45) is 11.8 Å². The third-order valence-corrected chi connectivity index (χ3v) is 6.15. The van der Waals surface area contributed by atoms with Crippen molar-refractivity contribution in [1.29, 1.82) is 0 Å². The van der Waals surface area contributed by atoms with Gasteiger partial charge in [-0.05, 0) is 43.6 Å². The molecule has 1 aromatic rings. The van der Waals surface area contributed by atoms with E-state index >= 15 is 0 Å². The number of nitrogens with zero attached hydrogens (tertiary/aromatic N) is 1. The van der Waals surface area contributed by atoms with Crippen LogP contribution in [0, 0.1) is 11.8 Å². The standard InChI is InChI=1S/C20H31NO/c1-16-14-21(15-18-9-5-3-6-10-18)17(2)13-20(16,22)19-11-7-4-8-12-19/h3,5-6,9-10,16-17,19,22H,4,7-8,11-15H2,1-2H3/t16-,17+,20-/m0/s1. The normalized spacial score (nSPS) is 34.7. The number of hydrogen-bond acceptors (Lipinski definition) is 2. The van der Waals surface area contributed by atoms with Crippen LogP contribution in [0.25, 0.3) is 0 Å². The van der Waals surface area contributed by atoms with E-state index in [9.17, 15) is 5.11 Å². The van der Waals surface area contributed by atoms with Crippen LogP contribution < -0.4 is 0 Å². The third kappa shape index (κ3) is 3.23. The lowest BCUT2D eigenvalue weighted by Crippen LogP contribution is -2.58. The van der Waals surface area contributed by atoms with Gasteiger partial charge in [0, 0.05) is 19.1 Å². The van der Waals surface area contributed by atoms with E-state index in [1.165, 1.54) is 37.7 Å². The Kier molecular flexibility index (Phi) is 4.89. The van der Waals surface area contributed by atoms with Crippen LogP contribution in [0.1, 0.15) is 57.9 Å². The molecule has 122 valence electrons. The number of aliphatic hydroxyl groups is 1. The molecule has 0 radical (unpaired) electrons. The Morgan fingerprint density at radius 1 is 1.09 bits per heavy atom. The van der Waals surface area contributed by atoms with Gasteiger partial charge in [-0.3, -0.25) is 4.90 Å². The minimum atomic E-state index is -0.437. The van der Waals surface area contributed by atoms with E-state index in [1.54, 1.807) is 0 Å². The lowest BCUT2D eigenvalue weighted by molar-refractivity contribution is -0.131. The maximum Gasteiger partial charge on any atom is 0.0728 e. The van der Waals surface area contributed by atoms with Gasteiger partial charge in [-0.1, -0.05) is 56.5 Å². The summed E-state index contributed by atoms with van der Waals surface area (Å²) in [5.74, 6) is 0.896. The van der Waals surface area contributed by atoms with Crippen molar-refractivity contribution in [2.45, 2.75) is 70.6 Å². The van der Waals surface area contributed by atoms with Gasteiger partial charge in [-0.2, -0.15) is 0 Å². The van der Waals surface area contributed by atoms with Crippen molar-refractivity contribution in [3.8, 4) is 0 Å². The topological polar surface area (TPSA) is 23.5 Å². The zero-order valence-corrected chi connectivity index (χ0v) is 14.2. The fourth-order valence-corrected chi connectivity index (χ4v) is 4.70. The van der Waals surface area contributed by atoms with E-state index in [1.807, 2.05) is 0 Å². The van der Waals surface area contributed by atoms with Gasteiger partial charge in [0.05, 0.1) is 5.60 Å². The Balaban J connectivity index is 1.68. The summed E-state index contributed by atoms with van der Waals surface area (Å²) in [5.41, 5.74) is 0.942. The molecule has 22 heavy (non-hydrogen) atoms. The molecule has 0 bridgehead atoms. The predicted molar refractivity (Wildman–Crippen MR) is 91.6 cm³/mol. The molecule has 3 atom stereocenters. The van der Waals surface area contributed by atoms with Gasteiger partial charge in [0.1, 0.15) is 0 Å². The summed E-state index contributed by atoms with van der Waals surface area (Å²) in [4.78, 5) is 2.55. The zero-order chi connectivity index (χ0) is 15.6. The molecule has 2 nitrogen and oxygen atoms in total. The third-order valence-electron chi connectivity index (χ3n) is 6.15. The summed E-state index contributed by atoms with van der Waals surface area (Å²) in [6, 6.07) is 11.2. The Hall–Kier alpha value is -0.860. The highest BCUT2D eigenvalue weighted by atomic mass is 16.3. The zero-order valence-electron chi connectivity index (χ0n) is 14.2. The van der Waals surface area contributed by atoms with Crippen LogP contribution in [0.3, 0.4) is 0 Å². The largest absolute Gasteiger partial charge is 0.389 e. The minimum Gasteiger partial charge on any atom is -0.389 e. The molecule has 0 unspecified atom stereocenters. The number of hydrogen-bond donors (Lipinski definition) is 1. The summed E-state index contributed by atoms with van der Waals surface area (Å²) >= 11 is 0. The van der Waals surface area contributed by atoms with Crippen LogP contribution in [0.15, 0.2) is 30.3 Å². The van der Waals surface area contributed by atoms with Crippen LogP contribution in [0.4, 0.5) is 0 Å². The quantitative estimate of drug-likeness (QED) is 0.903. The van der Waals surface area contributed by atoms with Crippen LogP contribution in [-0.4, -0.2) is 28.2 Å². The summed E-state index contributed by atoms with van der Waals surface area (Å²) in [6.45, 7) is 6.58. The maximum atomic E-state index is 11.4. The molecule has 1 aliphatic heterocycles. The summed E-state index contributed by atoms with van der Waals surface area (Å²) in [5, 5.41) is 11.4. The summed E-state index contributed by atoms with van der Waals surface area (Å²) in [6.07, 6.45) is 7.37. The van der Waals surface area contributed by atoms with Crippen LogP contribution in [0.5, 0.6) is 0 Å². The van der Waals surface area contributed by atoms with Crippen molar-refractivity contribution < 1.29 is 5.11 Å². The molecular formula is C20H31NO. The summed E-state index contributed by atoms with van der Waals surface area (Å²) < 4.78 is 0. The lowest BCUT2D eigenvalue weighted by atomic mass is 9.66. The van der Waals surface area contributed by atoms with Crippen molar-refractivity contribution in [1.82, 2.24) is 4.90 Å². The number of benzene rings is 1. The monoisotopic (exact) mass is 301 g/mol. The van der Waals surface area contributed by atoms with E-state index in [0.29, 0.717) is 17.9 Å². The Labute approximate surface area is 135 Å².